The van der Waals surface area contributed by atoms with Gasteiger partial charge in [0.2, 0.25) is 10.0 Å². The van der Waals surface area contributed by atoms with Crippen LogP contribution in [0.5, 0.6) is 0 Å². The van der Waals surface area contributed by atoms with Crippen molar-refractivity contribution in [1.82, 2.24) is 4.31 Å². The van der Waals surface area contributed by atoms with Crippen LogP contribution < -0.4 is 5.32 Å². The van der Waals surface area contributed by atoms with Gasteiger partial charge in [0.15, 0.2) is 5.78 Å². The molecule has 12 heteroatoms. The number of ketones is 1. The van der Waals surface area contributed by atoms with Gasteiger partial charge < -0.3 is 5.32 Å². The third kappa shape index (κ3) is 5.69. The highest BCUT2D eigenvalue weighted by Crippen LogP contribution is 2.37. The zero-order valence-corrected chi connectivity index (χ0v) is 18.4. The average Bonchev–Trinajstić information content (AvgIpc) is 2.76. The Balaban J connectivity index is 1.76. The van der Waals surface area contributed by atoms with Crippen molar-refractivity contribution in [3.05, 3.63) is 63.7 Å². The summed E-state index contributed by atoms with van der Waals surface area (Å²) in [4.78, 5) is 22.3. The first-order chi connectivity index (χ1) is 15.4. The number of benzene rings is 2. The number of carbonyl (C=O) groups is 1. The molecular weight excluding hydrogens is 463 g/mol. The van der Waals surface area contributed by atoms with E-state index in [1.54, 1.807) is 0 Å². The molecule has 0 amide bonds. The Morgan fingerprint density at radius 3 is 2.61 bits per heavy atom. The van der Waals surface area contributed by atoms with E-state index in [2.05, 4.69) is 5.32 Å². The maximum atomic E-state index is 13.1. The number of nitro benzene ring substituents is 1. The van der Waals surface area contributed by atoms with Crippen molar-refractivity contribution < 1.29 is 31.3 Å². The van der Waals surface area contributed by atoms with Crippen molar-refractivity contribution in [3.8, 4) is 0 Å². The predicted octanol–water partition coefficient (Wildman–Crippen LogP) is 4.33. The molecule has 0 aromatic heterocycles. The lowest BCUT2D eigenvalue weighted by Crippen LogP contribution is -2.39. The van der Waals surface area contributed by atoms with Gasteiger partial charge in [0.1, 0.15) is 5.56 Å². The highest BCUT2D eigenvalue weighted by atomic mass is 32.2. The van der Waals surface area contributed by atoms with E-state index in [0.717, 1.165) is 18.9 Å². The Kier molecular flexibility index (Phi) is 7.08. The van der Waals surface area contributed by atoms with E-state index in [9.17, 15) is 36.5 Å². The van der Waals surface area contributed by atoms with Crippen molar-refractivity contribution >= 4 is 27.2 Å². The van der Waals surface area contributed by atoms with E-state index < -0.39 is 44.7 Å². The van der Waals surface area contributed by atoms with Crippen LogP contribution in [0.2, 0.25) is 0 Å². The molecule has 0 saturated carbocycles. The van der Waals surface area contributed by atoms with Gasteiger partial charge in [0, 0.05) is 30.4 Å². The summed E-state index contributed by atoms with van der Waals surface area (Å²) in [5.74, 6) is -0.322. The minimum Gasteiger partial charge on any atom is -0.378 e. The zero-order valence-electron chi connectivity index (χ0n) is 17.6. The number of nitrogens with one attached hydrogen (secondary N) is 1. The van der Waals surface area contributed by atoms with Gasteiger partial charge in [-0.15, -0.1) is 0 Å². The first-order valence-electron chi connectivity index (χ1n) is 10.1. The number of Topliss-reactive ketones (excluding diaryl/α,β-unsaturated/α-hetero) is 1. The summed E-state index contributed by atoms with van der Waals surface area (Å²) in [6.07, 6.45) is -3.26. The SMILES string of the molecule is CC1CCCN(S(=O)(=O)c2cccc(C(=O)CNc3ccc([N+](=O)[O-])c(C(F)(F)F)c3)c2)C1. The summed E-state index contributed by atoms with van der Waals surface area (Å²) in [5.41, 5.74) is -2.59. The molecule has 1 heterocycles. The topological polar surface area (TPSA) is 110 Å². The van der Waals surface area contributed by atoms with Gasteiger partial charge in [-0.25, -0.2) is 8.42 Å². The molecule has 1 saturated heterocycles. The summed E-state index contributed by atoms with van der Waals surface area (Å²) >= 11 is 0. The normalized spacial score (nSPS) is 17.5. The molecule has 33 heavy (non-hydrogen) atoms. The molecule has 0 radical (unpaired) electrons. The third-order valence-electron chi connectivity index (χ3n) is 5.37. The van der Waals surface area contributed by atoms with Crippen LogP contribution >= 0.6 is 0 Å². The molecule has 1 N–H and O–H groups in total. The quantitative estimate of drug-likeness (QED) is 0.355. The van der Waals surface area contributed by atoms with Crippen LogP contribution in [0.25, 0.3) is 0 Å². The summed E-state index contributed by atoms with van der Waals surface area (Å²) in [6, 6.07) is 7.83. The second-order valence-electron chi connectivity index (χ2n) is 7.90. The van der Waals surface area contributed by atoms with Gasteiger partial charge >= 0.3 is 6.18 Å². The first-order valence-corrected chi connectivity index (χ1v) is 11.6. The number of rotatable bonds is 7. The fraction of sp³-hybridized carbons (Fsp3) is 0.381. The highest BCUT2D eigenvalue weighted by molar-refractivity contribution is 7.89. The number of nitro groups is 1. The molecule has 1 aliphatic rings. The average molecular weight is 485 g/mol. The van der Waals surface area contributed by atoms with E-state index in [4.69, 9.17) is 0 Å². The molecular formula is C21H22F3N3O5S. The fourth-order valence-corrected chi connectivity index (χ4v) is 5.31. The Hall–Kier alpha value is -2.99. The van der Waals surface area contributed by atoms with Crippen LogP contribution in [0.1, 0.15) is 35.7 Å². The Labute approximate surface area is 188 Å². The van der Waals surface area contributed by atoms with Crippen LogP contribution in [0.4, 0.5) is 24.5 Å². The van der Waals surface area contributed by atoms with Gasteiger partial charge in [0.25, 0.3) is 5.69 Å². The number of nitrogens with zero attached hydrogens (tertiary/aromatic N) is 2. The number of halogens is 3. The summed E-state index contributed by atoms with van der Waals surface area (Å²) in [7, 11) is -3.78. The van der Waals surface area contributed by atoms with Gasteiger partial charge in [-0.3, -0.25) is 14.9 Å². The van der Waals surface area contributed by atoms with E-state index >= 15 is 0 Å². The van der Waals surface area contributed by atoms with E-state index in [1.807, 2.05) is 6.92 Å². The number of hydrogen-bond donors (Lipinski definition) is 1. The summed E-state index contributed by atoms with van der Waals surface area (Å²) in [6.45, 7) is 2.33. The molecule has 178 valence electrons. The molecule has 1 atom stereocenters. The minimum atomic E-state index is -4.95. The first kappa shape index (κ1) is 24.6. The molecule has 2 aromatic rings. The Morgan fingerprint density at radius 2 is 1.97 bits per heavy atom. The van der Waals surface area contributed by atoms with Crippen molar-refractivity contribution in [3.63, 3.8) is 0 Å². The monoisotopic (exact) mass is 485 g/mol. The number of alkyl halides is 3. The van der Waals surface area contributed by atoms with Crippen LogP contribution in [0.3, 0.4) is 0 Å². The maximum absolute atomic E-state index is 13.1. The van der Waals surface area contributed by atoms with E-state index in [-0.39, 0.29) is 22.1 Å². The zero-order chi connectivity index (χ0) is 24.4. The molecule has 1 unspecified atom stereocenters. The number of anilines is 1. The standard InChI is InChI=1S/C21H22F3N3O5S/c1-14-4-3-9-26(13-14)33(31,32)17-6-2-5-15(10-17)20(28)12-25-16-7-8-19(27(29)30)18(11-16)21(22,23)24/h2,5-8,10-11,14,25H,3-4,9,12-13H2,1H3. The lowest BCUT2D eigenvalue weighted by atomic mass is 10.0. The second kappa shape index (κ2) is 9.48. The molecule has 3 rings (SSSR count). The smallest absolute Gasteiger partial charge is 0.378 e. The van der Waals surface area contributed by atoms with Crippen LogP contribution in [0, 0.1) is 16.0 Å². The van der Waals surface area contributed by atoms with Crippen molar-refractivity contribution in [1.29, 1.82) is 0 Å². The molecule has 0 spiro atoms. The fourth-order valence-electron chi connectivity index (χ4n) is 3.66. The predicted molar refractivity (Wildman–Crippen MR) is 115 cm³/mol. The summed E-state index contributed by atoms with van der Waals surface area (Å²) < 4.78 is 66.7. The van der Waals surface area contributed by atoms with E-state index in [0.29, 0.717) is 25.2 Å². The number of carbonyl (C=O) groups excluding carboxylic acids is 1. The summed E-state index contributed by atoms with van der Waals surface area (Å²) in [5, 5.41) is 13.4. The minimum absolute atomic E-state index is 0.0304. The van der Waals surface area contributed by atoms with Crippen molar-refractivity contribution in [2.24, 2.45) is 5.92 Å². The molecule has 0 aliphatic carbocycles. The molecule has 1 aliphatic heterocycles. The van der Waals surface area contributed by atoms with Gasteiger partial charge in [-0.1, -0.05) is 19.1 Å². The Bertz CT molecular complexity index is 1170. The largest absolute Gasteiger partial charge is 0.423 e. The lowest BCUT2D eigenvalue weighted by molar-refractivity contribution is -0.388. The number of piperidine rings is 1. The molecule has 1 fully saturated rings. The lowest BCUT2D eigenvalue weighted by Gasteiger charge is -2.30. The third-order valence-corrected chi connectivity index (χ3v) is 7.23. The van der Waals surface area contributed by atoms with Crippen molar-refractivity contribution in [2.75, 3.05) is 25.0 Å². The number of hydrogen-bond acceptors (Lipinski definition) is 6. The molecule has 8 nitrogen and oxygen atoms in total. The van der Waals surface area contributed by atoms with Crippen LogP contribution in [0.15, 0.2) is 47.4 Å². The molecule has 0 bridgehead atoms. The van der Waals surface area contributed by atoms with Crippen LogP contribution in [-0.2, 0) is 16.2 Å². The van der Waals surface area contributed by atoms with E-state index in [1.165, 1.54) is 28.6 Å². The van der Waals surface area contributed by atoms with Gasteiger partial charge in [0.05, 0.1) is 16.4 Å². The van der Waals surface area contributed by atoms with Gasteiger partial charge in [-0.2, -0.15) is 17.5 Å². The second-order valence-corrected chi connectivity index (χ2v) is 9.84. The van der Waals surface area contributed by atoms with Crippen molar-refractivity contribution in [2.45, 2.75) is 30.8 Å². The molecule has 2 aromatic carbocycles. The highest BCUT2D eigenvalue weighted by Gasteiger charge is 2.38. The van der Waals surface area contributed by atoms with Gasteiger partial charge in [-0.05, 0) is 43.0 Å². The van der Waals surface area contributed by atoms with Crippen LogP contribution in [-0.4, -0.2) is 43.1 Å². The Morgan fingerprint density at radius 1 is 1.24 bits per heavy atom. The maximum Gasteiger partial charge on any atom is 0.423 e. The number of sulfonamides is 1.